The fourth-order valence-corrected chi connectivity index (χ4v) is 1.48. The zero-order chi connectivity index (χ0) is 14.6. The van der Waals surface area contributed by atoms with Gasteiger partial charge in [-0.05, 0) is 12.5 Å². The first-order chi connectivity index (χ1) is 8.78. The molecule has 106 valence electrons. The molecule has 0 unspecified atom stereocenters. The average molecular weight is 278 g/mol. The van der Waals surface area contributed by atoms with Crippen LogP contribution in [-0.4, -0.2) is 24.4 Å². The summed E-state index contributed by atoms with van der Waals surface area (Å²) in [7, 11) is 1.15. The van der Waals surface area contributed by atoms with Crippen LogP contribution in [0.1, 0.15) is 16.8 Å². The number of nitrogens with zero attached hydrogens (tertiary/aromatic N) is 1. The lowest BCUT2D eigenvalue weighted by molar-refractivity contribution is -0.275. The van der Waals surface area contributed by atoms with Gasteiger partial charge in [-0.2, -0.15) is 0 Å². The van der Waals surface area contributed by atoms with Crippen LogP contribution in [0.3, 0.4) is 0 Å². The minimum absolute atomic E-state index is 0.0678. The van der Waals surface area contributed by atoms with Crippen molar-refractivity contribution in [3.8, 4) is 5.75 Å². The summed E-state index contributed by atoms with van der Waals surface area (Å²) in [6, 6.07) is 0. The summed E-state index contributed by atoms with van der Waals surface area (Å²) >= 11 is 0. The molecule has 0 spiro atoms. The number of rotatable bonds is 4. The summed E-state index contributed by atoms with van der Waals surface area (Å²) in [5, 5.41) is 0. The molecule has 0 atom stereocenters. The molecule has 1 aromatic heterocycles. The Bertz CT molecular complexity index is 475. The number of pyridine rings is 1. The number of aromatic nitrogens is 1. The van der Waals surface area contributed by atoms with Crippen molar-refractivity contribution in [3.05, 3.63) is 23.0 Å². The van der Waals surface area contributed by atoms with Gasteiger partial charge in [0.1, 0.15) is 0 Å². The van der Waals surface area contributed by atoms with Gasteiger partial charge in [-0.3, -0.25) is 9.78 Å². The van der Waals surface area contributed by atoms with Gasteiger partial charge in [0.05, 0.1) is 19.2 Å². The minimum Gasteiger partial charge on any atom is -0.469 e. The quantitative estimate of drug-likeness (QED) is 0.844. The maximum atomic E-state index is 12.4. The average Bonchev–Trinajstić information content (AvgIpc) is 2.32. The van der Waals surface area contributed by atoms with E-state index in [-0.39, 0.29) is 24.2 Å². The molecule has 2 N–H and O–H groups in total. The molecule has 0 aliphatic heterocycles. The van der Waals surface area contributed by atoms with Gasteiger partial charge in [0, 0.05) is 18.3 Å². The Morgan fingerprint density at radius 3 is 2.58 bits per heavy atom. The molecule has 5 nitrogen and oxygen atoms in total. The van der Waals surface area contributed by atoms with Gasteiger partial charge in [0.2, 0.25) is 0 Å². The highest BCUT2D eigenvalue weighted by molar-refractivity contribution is 5.74. The van der Waals surface area contributed by atoms with Crippen molar-refractivity contribution in [1.29, 1.82) is 0 Å². The van der Waals surface area contributed by atoms with Gasteiger partial charge in [-0.1, -0.05) is 0 Å². The van der Waals surface area contributed by atoms with Crippen molar-refractivity contribution in [2.24, 2.45) is 5.73 Å². The minimum atomic E-state index is -4.88. The second-order valence-electron chi connectivity index (χ2n) is 3.70. The number of aryl methyl sites for hydroxylation is 1. The summed E-state index contributed by atoms with van der Waals surface area (Å²) in [6.45, 7) is 1.29. The molecule has 0 aromatic carbocycles. The van der Waals surface area contributed by atoms with Crippen molar-refractivity contribution in [3.63, 3.8) is 0 Å². The predicted octanol–water partition coefficient (Wildman–Crippen LogP) is 1.46. The molecule has 1 heterocycles. The number of hydrogen-bond donors (Lipinski definition) is 1. The summed E-state index contributed by atoms with van der Waals surface area (Å²) < 4.78 is 45.5. The Hall–Kier alpha value is -1.83. The highest BCUT2D eigenvalue weighted by atomic mass is 19.4. The lowest BCUT2D eigenvalue weighted by Gasteiger charge is -2.17. The molecule has 1 rings (SSSR count). The summed E-state index contributed by atoms with van der Waals surface area (Å²) in [5.74, 6) is -1.20. The van der Waals surface area contributed by atoms with Crippen molar-refractivity contribution in [2.45, 2.75) is 26.3 Å². The van der Waals surface area contributed by atoms with Crippen LogP contribution in [-0.2, 0) is 22.5 Å². The van der Waals surface area contributed by atoms with E-state index in [0.29, 0.717) is 5.56 Å². The summed E-state index contributed by atoms with van der Waals surface area (Å²) in [6.07, 6.45) is -3.89. The second kappa shape index (κ2) is 5.87. The molecule has 0 saturated carbocycles. The first-order valence-electron chi connectivity index (χ1n) is 5.28. The molecular weight excluding hydrogens is 265 g/mol. The number of carbonyl (C=O) groups excluding carboxylic acids is 1. The Balaban J connectivity index is 3.28. The fraction of sp³-hybridized carbons (Fsp3) is 0.455. The van der Waals surface area contributed by atoms with Crippen molar-refractivity contribution < 1.29 is 27.4 Å². The van der Waals surface area contributed by atoms with E-state index in [1.165, 1.54) is 13.1 Å². The van der Waals surface area contributed by atoms with Crippen LogP contribution >= 0.6 is 0 Å². The largest absolute Gasteiger partial charge is 0.573 e. The van der Waals surface area contributed by atoms with E-state index in [2.05, 4.69) is 14.5 Å². The lowest BCUT2D eigenvalue weighted by Crippen LogP contribution is -2.22. The molecule has 19 heavy (non-hydrogen) atoms. The molecule has 0 amide bonds. The predicted molar refractivity (Wildman–Crippen MR) is 59.3 cm³/mol. The number of methoxy groups -OCH3 is 1. The van der Waals surface area contributed by atoms with E-state index < -0.39 is 18.1 Å². The number of halogens is 3. The van der Waals surface area contributed by atoms with Gasteiger partial charge in [-0.15, -0.1) is 13.2 Å². The molecule has 0 saturated heterocycles. The number of carbonyl (C=O) groups is 1. The van der Waals surface area contributed by atoms with Crippen LogP contribution in [0, 0.1) is 6.92 Å². The Labute approximate surface area is 107 Å². The molecule has 8 heteroatoms. The summed E-state index contributed by atoms with van der Waals surface area (Å²) in [4.78, 5) is 15.0. The molecule has 0 radical (unpaired) electrons. The number of alkyl halides is 3. The first-order valence-corrected chi connectivity index (χ1v) is 5.28. The molecule has 1 aromatic rings. The third kappa shape index (κ3) is 4.09. The van der Waals surface area contributed by atoms with Gasteiger partial charge < -0.3 is 15.2 Å². The van der Waals surface area contributed by atoms with Gasteiger partial charge in [0.25, 0.3) is 0 Å². The van der Waals surface area contributed by atoms with E-state index in [0.717, 1.165) is 7.11 Å². The van der Waals surface area contributed by atoms with E-state index in [9.17, 15) is 18.0 Å². The Morgan fingerprint density at radius 2 is 2.11 bits per heavy atom. The molecule has 0 fully saturated rings. The molecule has 0 aliphatic carbocycles. The van der Waals surface area contributed by atoms with Gasteiger partial charge in [0.15, 0.2) is 5.75 Å². The van der Waals surface area contributed by atoms with Crippen LogP contribution in [0.25, 0.3) is 0 Å². The maximum Gasteiger partial charge on any atom is 0.573 e. The Morgan fingerprint density at radius 1 is 1.47 bits per heavy atom. The number of esters is 1. The lowest BCUT2D eigenvalue weighted by atomic mass is 10.1. The SMILES string of the molecule is COC(=O)Cc1c(C)cnc(CN)c1OC(F)(F)F. The number of hydrogen-bond acceptors (Lipinski definition) is 5. The van der Waals surface area contributed by atoms with Crippen LogP contribution < -0.4 is 10.5 Å². The van der Waals surface area contributed by atoms with E-state index in [1.807, 2.05) is 0 Å². The standard InChI is InChI=1S/C11H13F3N2O3/c1-6-5-16-8(4-15)10(19-11(12,13)14)7(6)3-9(17)18-2/h5H,3-4,15H2,1-2H3. The van der Waals surface area contributed by atoms with Crippen LogP contribution in [0.15, 0.2) is 6.20 Å². The fourth-order valence-electron chi connectivity index (χ4n) is 1.48. The topological polar surface area (TPSA) is 74.4 Å². The highest BCUT2D eigenvalue weighted by Crippen LogP contribution is 2.31. The van der Waals surface area contributed by atoms with Crippen LogP contribution in [0.2, 0.25) is 0 Å². The zero-order valence-electron chi connectivity index (χ0n) is 10.4. The summed E-state index contributed by atoms with van der Waals surface area (Å²) in [5.41, 5.74) is 5.72. The number of nitrogens with two attached hydrogens (primary N) is 1. The van der Waals surface area contributed by atoms with Crippen LogP contribution in [0.5, 0.6) is 5.75 Å². The normalized spacial score (nSPS) is 11.3. The molecule has 0 aliphatic rings. The second-order valence-corrected chi connectivity index (χ2v) is 3.70. The zero-order valence-corrected chi connectivity index (χ0v) is 10.4. The molecule has 0 bridgehead atoms. The van der Waals surface area contributed by atoms with Gasteiger partial charge in [-0.25, -0.2) is 0 Å². The van der Waals surface area contributed by atoms with E-state index >= 15 is 0 Å². The first kappa shape index (κ1) is 15.2. The Kier molecular flexibility index (Phi) is 4.71. The maximum absolute atomic E-state index is 12.4. The van der Waals surface area contributed by atoms with E-state index in [1.54, 1.807) is 0 Å². The van der Waals surface area contributed by atoms with Crippen molar-refractivity contribution in [1.82, 2.24) is 4.98 Å². The monoisotopic (exact) mass is 278 g/mol. The van der Waals surface area contributed by atoms with Crippen molar-refractivity contribution in [2.75, 3.05) is 7.11 Å². The van der Waals surface area contributed by atoms with Gasteiger partial charge >= 0.3 is 12.3 Å². The van der Waals surface area contributed by atoms with Crippen LogP contribution in [0.4, 0.5) is 13.2 Å². The number of ether oxygens (including phenoxy) is 2. The smallest absolute Gasteiger partial charge is 0.469 e. The third-order valence-electron chi connectivity index (χ3n) is 2.39. The van der Waals surface area contributed by atoms with Crippen molar-refractivity contribution >= 4 is 5.97 Å². The molecular formula is C11H13F3N2O3. The van der Waals surface area contributed by atoms with E-state index in [4.69, 9.17) is 5.73 Å². The third-order valence-corrected chi connectivity index (χ3v) is 2.39. The highest BCUT2D eigenvalue weighted by Gasteiger charge is 2.34.